The monoisotopic (exact) mass is 360 g/mol. The zero-order valence-electron chi connectivity index (χ0n) is 11.8. The summed E-state index contributed by atoms with van der Waals surface area (Å²) in [4.78, 5) is 11.3. The first-order valence-electron chi connectivity index (χ1n) is 6.93. The molecule has 0 spiro atoms. The van der Waals surface area contributed by atoms with Crippen LogP contribution in [-0.2, 0) is 0 Å². The molecule has 17 heavy (non-hydrogen) atoms. The Hall–Kier alpha value is 0.0596. The quantitative estimate of drug-likeness (QED) is 0.570. The summed E-state index contributed by atoms with van der Waals surface area (Å²) >= 11 is -2.23. The summed E-state index contributed by atoms with van der Waals surface area (Å²) in [7, 11) is 0. The van der Waals surface area contributed by atoms with Crippen molar-refractivity contribution in [1.29, 1.82) is 0 Å². The summed E-state index contributed by atoms with van der Waals surface area (Å²) in [5.74, 6) is 0. The normalized spacial score (nSPS) is 12.4. The molecule has 0 aliphatic heterocycles. The summed E-state index contributed by atoms with van der Waals surface area (Å²) in [5.41, 5.74) is 5.39. The summed E-state index contributed by atoms with van der Waals surface area (Å²) in [6.45, 7) is 6.66. The Morgan fingerprint density at radius 1 is 0.941 bits per heavy atom. The number of hydrogen-bond donors (Lipinski definition) is 2. The molecule has 0 heterocycles. The zero-order chi connectivity index (χ0) is 13.1. The van der Waals surface area contributed by atoms with Crippen LogP contribution in [0.15, 0.2) is 0 Å². The van der Waals surface area contributed by atoms with Crippen LogP contribution in [0, 0.1) is 0 Å². The Labute approximate surface area is 111 Å². The number of nitrogens with two attached hydrogens (primary N) is 1. The van der Waals surface area contributed by atoms with Gasteiger partial charge in [0, 0.05) is 0 Å². The third kappa shape index (κ3) is 7.89. The standard InChI is InChI=1S/C13H30N2OTe/c1-4-7-10-17(11-8-5-2,12-9-6-3)15-13(14)16/h4-12H2,1-3H3,(H3,14,15,16). The van der Waals surface area contributed by atoms with Crippen molar-refractivity contribution < 1.29 is 4.79 Å². The fourth-order valence-electron chi connectivity index (χ4n) is 1.93. The summed E-state index contributed by atoms with van der Waals surface area (Å²) < 4.78 is 6.98. The molecule has 0 aromatic heterocycles. The average Bonchev–Trinajstić information content (AvgIpc) is 2.30. The van der Waals surface area contributed by atoms with Gasteiger partial charge in [0.15, 0.2) is 0 Å². The molecule has 0 aromatic carbocycles. The van der Waals surface area contributed by atoms with E-state index >= 15 is 0 Å². The maximum atomic E-state index is 11.3. The number of rotatable bonds is 10. The molecule has 0 saturated carbocycles. The molecule has 0 saturated heterocycles. The van der Waals surface area contributed by atoms with Crippen molar-refractivity contribution in [1.82, 2.24) is 3.57 Å². The van der Waals surface area contributed by atoms with Crippen LogP contribution in [0.5, 0.6) is 0 Å². The van der Waals surface area contributed by atoms with Gasteiger partial charge in [0.05, 0.1) is 0 Å². The van der Waals surface area contributed by atoms with Crippen molar-refractivity contribution in [3.05, 3.63) is 0 Å². The van der Waals surface area contributed by atoms with E-state index in [2.05, 4.69) is 24.3 Å². The van der Waals surface area contributed by atoms with Gasteiger partial charge in [-0.3, -0.25) is 0 Å². The van der Waals surface area contributed by atoms with Gasteiger partial charge in [-0.25, -0.2) is 0 Å². The van der Waals surface area contributed by atoms with Crippen LogP contribution in [0.2, 0.25) is 13.4 Å². The minimum absolute atomic E-state index is 0.283. The number of unbranched alkanes of at least 4 members (excludes halogenated alkanes) is 3. The van der Waals surface area contributed by atoms with Crippen molar-refractivity contribution in [2.45, 2.75) is 72.7 Å². The Morgan fingerprint density at radius 2 is 1.29 bits per heavy atom. The van der Waals surface area contributed by atoms with Gasteiger partial charge in [-0.05, 0) is 0 Å². The van der Waals surface area contributed by atoms with E-state index < -0.39 is 18.5 Å². The van der Waals surface area contributed by atoms with Crippen LogP contribution in [0.25, 0.3) is 0 Å². The van der Waals surface area contributed by atoms with E-state index in [1.54, 1.807) is 0 Å². The Kier molecular flexibility index (Phi) is 10.1. The van der Waals surface area contributed by atoms with Crippen LogP contribution < -0.4 is 9.30 Å². The van der Waals surface area contributed by atoms with E-state index in [0.29, 0.717) is 0 Å². The van der Waals surface area contributed by atoms with Gasteiger partial charge in [0.1, 0.15) is 0 Å². The Morgan fingerprint density at radius 3 is 1.53 bits per heavy atom. The molecule has 3 N–H and O–H groups in total. The third-order valence-electron chi connectivity index (χ3n) is 2.98. The molecular weight excluding hydrogens is 328 g/mol. The number of carbonyl (C=O) groups is 1. The molecule has 0 aliphatic rings. The Bertz CT molecular complexity index is 188. The van der Waals surface area contributed by atoms with Gasteiger partial charge in [-0.15, -0.1) is 0 Å². The van der Waals surface area contributed by atoms with Crippen LogP contribution in [0.3, 0.4) is 0 Å². The molecule has 4 heteroatoms. The molecule has 0 fully saturated rings. The topological polar surface area (TPSA) is 55.1 Å². The van der Waals surface area contributed by atoms with Gasteiger partial charge in [-0.2, -0.15) is 0 Å². The van der Waals surface area contributed by atoms with Crippen molar-refractivity contribution in [2.24, 2.45) is 5.73 Å². The second-order valence-electron chi connectivity index (χ2n) is 4.68. The van der Waals surface area contributed by atoms with E-state index in [1.807, 2.05) is 0 Å². The van der Waals surface area contributed by atoms with E-state index in [1.165, 1.54) is 51.9 Å². The molecular formula is C13H30N2OTe. The number of nitrogens with one attached hydrogen (secondary N) is 1. The SMILES string of the molecule is CCCC[Te](CCCC)(CCCC)NC(N)=O. The molecule has 0 aromatic rings. The first kappa shape index (κ1) is 17.1. The van der Waals surface area contributed by atoms with Gasteiger partial charge in [0.25, 0.3) is 0 Å². The first-order chi connectivity index (χ1) is 8.10. The molecule has 3 nitrogen and oxygen atoms in total. The van der Waals surface area contributed by atoms with Crippen LogP contribution >= 0.6 is 0 Å². The maximum absolute atomic E-state index is 11.3. The zero-order valence-corrected chi connectivity index (χ0v) is 14.1. The minimum atomic E-state index is -2.23. The molecule has 0 aliphatic carbocycles. The molecule has 104 valence electrons. The number of carbonyl (C=O) groups excluding carboxylic acids is 1. The van der Waals surface area contributed by atoms with E-state index in [-0.39, 0.29) is 6.03 Å². The van der Waals surface area contributed by atoms with Gasteiger partial charge >= 0.3 is 111 Å². The molecule has 0 radical (unpaired) electrons. The van der Waals surface area contributed by atoms with Crippen LogP contribution in [0.4, 0.5) is 4.79 Å². The number of primary amides is 1. The summed E-state index contributed by atoms with van der Waals surface area (Å²) in [5, 5.41) is 0. The predicted molar refractivity (Wildman–Crippen MR) is 77.6 cm³/mol. The van der Waals surface area contributed by atoms with Crippen LogP contribution in [0.1, 0.15) is 59.3 Å². The predicted octanol–water partition coefficient (Wildman–Crippen LogP) is 4.00. The van der Waals surface area contributed by atoms with Crippen molar-refractivity contribution in [3.8, 4) is 0 Å². The second kappa shape index (κ2) is 10.0. The fourth-order valence-corrected chi connectivity index (χ4v) is 13.0. The summed E-state index contributed by atoms with van der Waals surface area (Å²) in [6.07, 6.45) is 7.38. The molecule has 0 bridgehead atoms. The van der Waals surface area contributed by atoms with E-state index in [0.717, 1.165) is 0 Å². The second-order valence-corrected chi connectivity index (χ2v) is 14.7. The fraction of sp³-hybridized carbons (Fsp3) is 0.923. The van der Waals surface area contributed by atoms with Crippen LogP contribution in [-0.4, -0.2) is 24.5 Å². The Balaban J connectivity index is 4.56. The third-order valence-corrected chi connectivity index (χ3v) is 14.0. The molecule has 0 rings (SSSR count). The van der Waals surface area contributed by atoms with Gasteiger partial charge in [-0.1, -0.05) is 0 Å². The van der Waals surface area contributed by atoms with E-state index in [9.17, 15) is 4.79 Å². The molecule has 2 amide bonds. The average molecular weight is 358 g/mol. The van der Waals surface area contributed by atoms with Crippen molar-refractivity contribution in [3.63, 3.8) is 0 Å². The number of hydrogen-bond acceptors (Lipinski definition) is 1. The molecule has 0 atom stereocenters. The first-order valence-corrected chi connectivity index (χ1v) is 13.0. The van der Waals surface area contributed by atoms with Gasteiger partial charge < -0.3 is 0 Å². The summed E-state index contributed by atoms with van der Waals surface area (Å²) in [6, 6.07) is -0.283. The van der Waals surface area contributed by atoms with Gasteiger partial charge in [0.2, 0.25) is 0 Å². The molecule has 0 unspecified atom stereocenters. The number of amides is 2. The number of urea groups is 1. The van der Waals surface area contributed by atoms with Crippen molar-refractivity contribution in [2.75, 3.05) is 0 Å². The van der Waals surface area contributed by atoms with Crippen molar-refractivity contribution >= 4 is 24.5 Å². The van der Waals surface area contributed by atoms with E-state index in [4.69, 9.17) is 5.73 Å².